The fourth-order valence-corrected chi connectivity index (χ4v) is 4.43. The quantitative estimate of drug-likeness (QED) is 0.790. The molecule has 2 heterocycles. The van der Waals surface area contributed by atoms with Gasteiger partial charge in [0.1, 0.15) is 0 Å². The second-order valence-electron chi connectivity index (χ2n) is 6.84. The molecule has 1 aliphatic carbocycles. The summed E-state index contributed by atoms with van der Waals surface area (Å²) in [5, 5.41) is 3.52. The van der Waals surface area contributed by atoms with Crippen molar-refractivity contribution in [3.63, 3.8) is 0 Å². The van der Waals surface area contributed by atoms with Crippen molar-refractivity contribution in [3.8, 4) is 0 Å². The summed E-state index contributed by atoms with van der Waals surface area (Å²) in [4.78, 5) is 15.1. The maximum absolute atomic E-state index is 12.8. The molecule has 1 saturated carbocycles. The van der Waals surface area contributed by atoms with E-state index in [1.807, 2.05) is 0 Å². The van der Waals surface area contributed by atoms with Crippen LogP contribution in [-0.4, -0.2) is 35.5 Å². The van der Waals surface area contributed by atoms with Crippen LogP contribution in [0, 0.1) is 5.92 Å². The summed E-state index contributed by atoms with van der Waals surface area (Å²) in [6.07, 6.45) is 11.3. The number of piperidine rings is 2. The molecule has 1 amide bonds. The summed E-state index contributed by atoms with van der Waals surface area (Å²) in [5.41, 5.74) is 0. The number of likely N-dealkylation sites (tertiary alicyclic amines) is 1. The molecule has 2 aliphatic heterocycles. The molecule has 0 aromatic rings. The highest BCUT2D eigenvalue weighted by molar-refractivity contribution is 5.82. The van der Waals surface area contributed by atoms with Crippen molar-refractivity contribution >= 4 is 5.91 Å². The van der Waals surface area contributed by atoms with Crippen LogP contribution in [0.4, 0.5) is 0 Å². The van der Waals surface area contributed by atoms with Crippen molar-refractivity contribution in [1.29, 1.82) is 0 Å². The number of nitrogens with zero attached hydrogens (tertiary/aromatic N) is 1. The second-order valence-corrected chi connectivity index (χ2v) is 6.84. The van der Waals surface area contributed by atoms with E-state index in [2.05, 4.69) is 17.1 Å². The average Bonchev–Trinajstić information content (AvgIpc) is 2.46. The summed E-state index contributed by atoms with van der Waals surface area (Å²) >= 11 is 0. The predicted octanol–water partition coefficient (Wildman–Crippen LogP) is 2.70. The van der Waals surface area contributed by atoms with Crippen LogP contribution >= 0.6 is 0 Å². The van der Waals surface area contributed by atoms with E-state index in [4.69, 9.17) is 0 Å². The molecule has 108 valence electrons. The zero-order chi connectivity index (χ0) is 13.2. The molecule has 3 heteroatoms. The SMILES string of the molecule is CC1CCCC(C(=O)N2CCC[C@H]3CCCC[C@H]32)N1. The zero-order valence-electron chi connectivity index (χ0n) is 12.2. The van der Waals surface area contributed by atoms with Gasteiger partial charge in [-0.2, -0.15) is 0 Å². The molecule has 0 aromatic carbocycles. The third-order valence-corrected chi connectivity index (χ3v) is 5.44. The molecule has 3 fully saturated rings. The molecule has 1 N–H and O–H groups in total. The van der Waals surface area contributed by atoms with E-state index >= 15 is 0 Å². The molecule has 4 atom stereocenters. The summed E-state index contributed by atoms with van der Waals surface area (Å²) in [6.45, 7) is 3.21. The Hall–Kier alpha value is -0.570. The molecule has 2 unspecified atom stereocenters. The van der Waals surface area contributed by atoms with E-state index in [1.165, 1.54) is 51.4 Å². The maximum Gasteiger partial charge on any atom is 0.239 e. The van der Waals surface area contributed by atoms with Gasteiger partial charge in [0.2, 0.25) is 5.91 Å². The molecular weight excluding hydrogens is 236 g/mol. The minimum absolute atomic E-state index is 0.101. The van der Waals surface area contributed by atoms with Crippen LogP contribution in [0.1, 0.15) is 64.7 Å². The molecule has 3 nitrogen and oxygen atoms in total. The Morgan fingerprint density at radius 1 is 1.00 bits per heavy atom. The first-order valence-electron chi connectivity index (χ1n) is 8.32. The van der Waals surface area contributed by atoms with Crippen molar-refractivity contribution < 1.29 is 4.79 Å². The van der Waals surface area contributed by atoms with Crippen LogP contribution in [0.5, 0.6) is 0 Å². The first-order chi connectivity index (χ1) is 9.25. The number of hydrogen-bond acceptors (Lipinski definition) is 2. The molecule has 2 saturated heterocycles. The van der Waals surface area contributed by atoms with E-state index in [1.54, 1.807) is 0 Å². The molecule has 19 heavy (non-hydrogen) atoms. The van der Waals surface area contributed by atoms with Gasteiger partial charge in [0, 0.05) is 18.6 Å². The number of amides is 1. The van der Waals surface area contributed by atoms with Crippen LogP contribution in [0.3, 0.4) is 0 Å². The zero-order valence-corrected chi connectivity index (χ0v) is 12.2. The van der Waals surface area contributed by atoms with Crippen LogP contribution in [0.15, 0.2) is 0 Å². The highest BCUT2D eigenvalue weighted by Crippen LogP contribution is 2.35. The van der Waals surface area contributed by atoms with E-state index in [0.29, 0.717) is 18.0 Å². The van der Waals surface area contributed by atoms with E-state index in [9.17, 15) is 4.79 Å². The van der Waals surface area contributed by atoms with Gasteiger partial charge in [-0.25, -0.2) is 0 Å². The molecule has 3 rings (SSSR count). The van der Waals surface area contributed by atoms with Gasteiger partial charge < -0.3 is 10.2 Å². The van der Waals surface area contributed by atoms with Gasteiger partial charge in [0.05, 0.1) is 6.04 Å². The topological polar surface area (TPSA) is 32.3 Å². The first-order valence-corrected chi connectivity index (χ1v) is 8.32. The van der Waals surface area contributed by atoms with Gasteiger partial charge in [-0.3, -0.25) is 4.79 Å². The lowest BCUT2D eigenvalue weighted by atomic mass is 9.78. The van der Waals surface area contributed by atoms with E-state index in [-0.39, 0.29) is 6.04 Å². The van der Waals surface area contributed by atoms with Gasteiger partial charge in [-0.05, 0) is 57.8 Å². The Morgan fingerprint density at radius 2 is 1.79 bits per heavy atom. The van der Waals surface area contributed by atoms with Crippen molar-refractivity contribution in [1.82, 2.24) is 10.2 Å². The Kier molecular flexibility index (Phi) is 4.11. The highest BCUT2D eigenvalue weighted by Gasteiger charge is 2.38. The number of rotatable bonds is 1. The van der Waals surface area contributed by atoms with Gasteiger partial charge in [0.25, 0.3) is 0 Å². The average molecular weight is 264 g/mol. The third-order valence-electron chi connectivity index (χ3n) is 5.44. The lowest BCUT2D eigenvalue weighted by Gasteiger charge is -2.46. The standard InChI is InChI=1S/C16H28N2O/c1-12-6-4-9-14(17-12)16(19)18-11-5-8-13-7-2-3-10-15(13)18/h12-15,17H,2-11H2,1H3/t12?,13-,14?,15-/m1/s1. The van der Waals surface area contributed by atoms with E-state index in [0.717, 1.165) is 18.9 Å². The van der Waals surface area contributed by atoms with Gasteiger partial charge in [0.15, 0.2) is 0 Å². The van der Waals surface area contributed by atoms with Crippen molar-refractivity contribution in [2.45, 2.75) is 82.8 Å². The van der Waals surface area contributed by atoms with Crippen LogP contribution in [0.25, 0.3) is 0 Å². The van der Waals surface area contributed by atoms with Crippen LogP contribution in [-0.2, 0) is 4.79 Å². The molecule has 0 radical (unpaired) electrons. The Labute approximate surface area is 117 Å². The third kappa shape index (κ3) is 2.81. The first kappa shape index (κ1) is 13.4. The molecule has 0 aromatic heterocycles. The lowest BCUT2D eigenvalue weighted by molar-refractivity contribution is -0.140. The Balaban J connectivity index is 1.67. The summed E-state index contributed by atoms with van der Waals surface area (Å²) in [5.74, 6) is 1.20. The second kappa shape index (κ2) is 5.82. The summed E-state index contributed by atoms with van der Waals surface area (Å²) in [7, 11) is 0. The van der Waals surface area contributed by atoms with Gasteiger partial charge in [-0.15, -0.1) is 0 Å². The smallest absolute Gasteiger partial charge is 0.239 e. The number of carbonyl (C=O) groups excluding carboxylic acids is 1. The number of fused-ring (bicyclic) bond motifs is 1. The van der Waals surface area contributed by atoms with Crippen molar-refractivity contribution in [3.05, 3.63) is 0 Å². The Morgan fingerprint density at radius 3 is 2.63 bits per heavy atom. The molecular formula is C16H28N2O. The van der Waals surface area contributed by atoms with Crippen molar-refractivity contribution in [2.24, 2.45) is 5.92 Å². The fourth-order valence-electron chi connectivity index (χ4n) is 4.43. The van der Waals surface area contributed by atoms with Crippen LogP contribution in [0.2, 0.25) is 0 Å². The molecule has 0 spiro atoms. The van der Waals surface area contributed by atoms with Crippen molar-refractivity contribution in [2.75, 3.05) is 6.54 Å². The van der Waals surface area contributed by atoms with Gasteiger partial charge >= 0.3 is 0 Å². The van der Waals surface area contributed by atoms with E-state index < -0.39 is 0 Å². The highest BCUT2D eigenvalue weighted by atomic mass is 16.2. The molecule has 3 aliphatic rings. The minimum Gasteiger partial charge on any atom is -0.338 e. The Bertz CT molecular complexity index is 329. The minimum atomic E-state index is 0.101. The summed E-state index contributed by atoms with van der Waals surface area (Å²) in [6, 6.07) is 1.17. The summed E-state index contributed by atoms with van der Waals surface area (Å²) < 4.78 is 0. The number of nitrogens with one attached hydrogen (secondary N) is 1. The normalized spacial score (nSPS) is 39.7. The lowest BCUT2D eigenvalue weighted by Crippen LogP contribution is -2.57. The largest absolute Gasteiger partial charge is 0.338 e. The van der Waals surface area contributed by atoms with Gasteiger partial charge in [-0.1, -0.05) is 12.8 Å². The number of hydrogen-bond donors (Lipinski definition) is 1. The van der Waals surface area contributed by atoms with Crippen LogP contribution < -0.4 is 5.32 Å². The monoisotopic (exact) mass is 264 g/mol. The molecule has 0 bridgehead atoms. The maximum atomic E-state index is 12.8. The fraction of sp³-hybridized carbons (Fsp3) is 0.938. The number of carbonyl (C=O) groups is 1. The predicted molar refractivity (Wildman–Crippen MR) is 76.9 cm³/mol.